The maximum absolute atomic E-state index is 13.5. The molecule has 0 aliphatic rings. The number of aromatic hydroxyl groups is 2. The highest BCUT2D eigenvalue weighted by molar-refractivity contribution is 5.87. The van der Waals surface area contributed by atoms with E-state index in [0.29, 0.717) is 41.0 Å². The lowest BCUT2D eigenvalue weighted by Crippen LogP contribution is -2.12. The number of rotatable bonds is 10. The SMILES string of the molecule is COC(=O)C[C@@H](c1ccc(OCCc2ccc(OC)cc2)cc1)c1c(O)ccc2c(=O)c(-c3ccc(O)cc3)coc12. The van der Waals surface area contributed by atoms with Gasteiger partial charge in [-0.25, -0.2) is 0 Å². The first-order valence-corrected chi connectivity index (χ1v) is 13.4. The van der Waals surface area contributed by atoms with E-state index in [2.05, 4.69) is 0 Å². The molecule has 0 aliphatic carbocycles. The van der Waals surface area contributed by atoms with E-state index < -0.39 is 11.9 Å². The largest absolute Gasteiger partial charge is 0.508 e. The van der Waals surface area contributed by atoms with E-state index in [0.717, 1.165) is 11.3 Å². The zero-order valence-corrected chi connectivity index (χ0v) is 23.2. The van der Waals surface area contributed by atoms with Crippen molar-refractivity contribution in [3.63, 3.8) is 0 Å². The first kappa shape index (κ1) is 28.3. The van der Waals surface area contributed by atoms with Crippen molar-refractivity contribution in [2.75, 3.05) is 20.8 Å². The molecule has 5 rings (SSSR count). The smallest absolute Gasteiger partial charge is 0.306 e. The molecule has 0 bridgehead atoms. The molecule has 8 heteroatoms. The summed E-state index contributed by atoms with van der Waals surface area (Å²) < 4.78 is 22.0. The Bertz CT molecular complexity index is 1740. The first-order chi connectivity index (χ1) is 20.4. The van der Waals surface area contributed by atoms with Gasteiger partial charge in [-0.05, 0) is 65.2 Å². The van der Waals surface area contributed by atoms with Crippen molar-refractivity contribution in [1.82, 2.24) is 0 Å². The Balaban J connectivity index is 1.44. The third-order valence-electron chi connectivity index (χ3n) is 7.18. The highest BCUT2D eigenvalue weighted by Gasteiger charge is 2.26. The van der Waals surface area contributed by atoms with Crippen LogP contribution in [-0.4, -0.2) is 37.0 Å². The molecule has 0 radical (unpaired) electrons. The van der Waals surface area contributed by atoms with Crippen LogP contribution in [0.25, 0.3) is 22.1 Å². The molecule has 0 saturated heterocycles. The number of fused-ring (bicyclic) bond motifs is 1. The van der Waals surface area contributed by atoms with Crippen molar-refractivity contribution in [1.29, 1.82) is 0 Å². The number of hydrogen-bond donors (Lipinski definition) is 2. The minimum atomic E-state index is -0.669. The van der Waals surface area contributed by atoms with Crippen molar-refractivity contribution < 1.29 is 33.6 Å². The number of carbonyl (C=O) groups excluding carboxylic acids is 1. The topological polar surface area (TPSA) is 115 Å². The molecule has 0 unspecified atom stereocenters. The van der Waals surface area contributed by atoms with Gasteiger partial charge in [0.1, 0.15) is 34.8 Å². The van der Waals surface area contributed by atoms with Gasteiger partial charge in [-0.1, -0.05) is 36.4 Å². The van der Waals surface area contributed by atoms with Gasteiger partial charge in [-0.2, -0.15) is 0 Å². The number of hydrogen-bond acceptors (Lipinski definition) is 8. The number of esters is 1. The predicted octanol–water partition coefficient (Wildman–Crippen LogP) is 6.20. The first-order valence-electron chi connectivity index (χ1n) is 13.4. The molecule has 1 aromatic heterocycles. The summed E-state index contributed by atoms with van der Waals surface area (Å²) in [6, 6.07) is 24.2. The number of methoxy groups -OCH3 is 2. The third-order valence-corrected chi connectivity index (χ3v) is 7.18. The van der Waals surface area contributed by atoms with Crippen molar-refractivity contribution in [2.45, 2.75) is 18.8 Å². The zero-order valence-electron chi connectivity index (χ0n) is 23.2. The maximum Gasteiger partial charge on any atom is 0.306 e. The molecule has 42 heavy (non-hydrogen) atoms. The number of benzene rings is 4. The summed E-state index contributed by atoms with van der Waals surface area (Å²) in [7, 11) is 2.93. The zero-order chi connectivity index (χ0) is 29.6. The summed E-state index contributed by atoms with van der Waals surface area (Å²) in [6.45, 7) is 0.468. The van der Waals surface area contributed by atoms with Crippen LogP contribution in [0, 0.1) is 0 Å². The molecule has 1 atom stereocenters. The average molecular weight is 567 g/mol. The lowest BCUT2D eigenvalue weighted by atomic mass is 9.86. The van der Waals surface area contributed by atoms with E-state index in [1.165, 1.54) is 37.6 Å². The Hall–Kier alpha value is -5.24. The molecule has 0 aliphatic heterocycles. The minimum absolute atomic E-state index is 0.0791. The van der Waals surface area contributed by atoms with Crippen LogP contribution >= 0.6 is 0 Å². The highest BCUT2D eigenvalue weighted by atomic mass is 16.5. The number of carbonyl (C=O) groups is 1. The fourth-order valence-corrected chi connectivity index (χ4v) is 4.90. The average Bonchev–Trinajstić information content (AvgIpc) is 3.01. The van der Waals surface area contributed by atoms with Gasteiger partial charge < -0.3 is 28.8 Å². The van der Waals surface area contributed by atoms with E-state index >= 15 is 0 Å². The Morgan fingerprint density at radius 1 is 0.857 bits per heavy atom. The molecule has 214 valence electrons. The van der Waals surface area contributed by atoms with Crippen molar-refractivity contribution >= 4 is 16.9 Å². The lowest BCUT2D eigenvalue weighted by molar-refractivity contribution is -0.140. The molecule has 1 heterocycles. The maximum atomic E-state index is 13.5. The lowest BCUT2D eigenvalue weighted by Gasteiger charge is -2.20. The van der Waals surface area contributed by atoms with Gasteiger partial charge in [0.2, 0.25) is 5.43 Å². The van der Waals surface area contributed by atoms with Gasteiger partial charge in [0.25, 0.3) is 0 Å². The summed E-state index contributed by atoms with van der Waals surface area (Å²) in [5.41, 5.74) is 2.88. The monoisotopic (exact) mass is 566 g/mol. The summed E-state index contributed by atoms with van der Waals surface area (Å²) >= 11 is 0. The summed E-state index contributed by atoms with van der Waals surface area (Å²) in [5, 5.41) is 20.8. The molecule has 0 saturated carbocycles. The second-order valence-corrected chi connectivity index (χ2v) is 9.75. The molecule has 2 N–H and O–H groups in total. The summed E-state index contributed by atoms with van der Waals surface area (Å²) in [4.78, 5) is 26.0. The van der Waals surface area contributed by atoms with Crippen LogP contribution in [0.2, 0.25) is 0 Å². The third kappa shape index (κ3) is 6.07. The molecule has 0 spiro atoms. The summed E-state index contributed by atoms with van der Waals surface area (Å²) in [5.74, 6) is 0.256. The van der Waals surface area contributed by atoms with Gasteiger partial charge in [-0.3, -0.25) is 9.59 Å². The minimum Gasteiger partial charge on any atom is -0.508 e. The second-order valence-electron chi connectivity index (χ2n) is 9.75. The van der Waals surface area contributed by atoms with Gasteiger partial charge in [0, 0.05) is 17.9 Å². The van der Waals surface area contributed by atoms with Crippen LogP contribution < -0.4 is 14.9 Å². The number of phenolic OH excluding ortho intramolecular Hbond substituents is 2. The molecule has 0 amide bonds. The Kier molecular flexibility index (Phi) is 8.43. The standard InChI is InChI=1S/C34H30O8/c1-39-25-11-3-21(4-12-25)17-18-41-26-13-7-22(8-14-26)28(19-31(37)40-2)32-30(36)16-15-27-33(38)29(20-42-34(27)32)23-5-9-24(35)10-6-23/h3-16,20,28,35-36H,17-19H2,1-2H3/t28-/m0/s1. The molecule has 4 aromatic carbocycles. The summed E-state index contributed by atoms with van der Waals surface area (Å²) in [6.07, 6.45) is 1.95. The molecular weight excluding hydrogens is 536 g/mol. The van der Waals surface area contributed by atoms with E-state index in [4.69, 9.17) is 18.6 Å². The van der Waals surface area contributed by atoms with Crippen molar-refractivity contribution in [3.8, 4) is 34.1 Å². The second kappa shape index (κ2) is 12.5. The fraction of sp³-hybridized carbons (Fsp3) is 0.176. The normalized spacial score (nSPS) is 11.7. The quantitative estimate of drug-likeness (QED) is 0.192. The van der Waals surface area contributed by atoms with Gasteiger partial charge in [0.15, 0.2) is 0 Å². The molecule has 8 nitrogen and oxygen atoms in total. The van der Waals surface area contributed by atoms with E-state index in [-0.39, 0.29) is 34.3 Å². The van der Waals surface area contributed by atoms with Gasteiger partial charge in [0.05, 0.1) is 38.2 Å². The van der Waals surface area contributed by atoms with Crippen molar-refractivity contribution in [3.05, 3.63) is 118 Å². The van der Waals surface area contributed by atoms with Crippen molar-refractivity contribution in [2.24, 2.45) is 0 Å². The van der Waals surface area contributed by atoms with Crippen LogP contribution in [0.3, 0.4) is 0 Å². The van der Waals surface area contributed by atoms with Crippen LogP contribution in [0.15, 0.2) is 100 Å². The van der Waals surface area contributed by atoms with E-state index in [1.54, 1.807) is 31.4 Å². The van der Waals surface area contributed by atoms with Gasteiger partial charge in [-0.15, -0.1) is 0 Å². The van der Waals surface area contributed by atoms with E-state index in [1.807, 2.05) is 36.4 Å². The van der Waals surface area contributed by atoms with E-state index in [9.17, 15) is 19.8 Å². The molecule has 5 aromatic rings. The van der Waals surface area contributed by atoms with Crippen LogP contribution in [-0.2, 0) is 16.0 Å². The fourth-order valence-electron chi connectivity index (χ4n) is 4.90. The number of ether oxygens (including phenoxy) is 3. The van der Waals surface area contributed by atoms with Gasteiger partial charge >= 0.3 is 5.97 Å². The van der Waals surface area contributed by atoms with Crippen LogP contribution in [0.5, 0.6) is 23.0 Å². The molecular formula is C34H30O8. The van der Waals surface area contributed by atoms with Crippen LogP contribution in [0.1, 0.15) is 29.0 Å². The molecule has 0 fully saturated rings. The van der Waals surface area contributed by atoms with Crippen LogP contribution in [0.4, 0.5) is 0 Å². The Morgan fingerprint density at radius 2 is 1.55 bits per heavy atom. The Labute approximate surface area is 242 Å². The highest BCUT2D eigenvalue weighted by Crippen LogP contribution is 2.40. The predicted molar refractivity (Wildman–Crippen MR) is 158 cm³/mol. The number of phenols is 2. The Morgan fingerprint density at radius 3 is 2.21 bits per heavy atom.